The third-order valence-corrected chi connectivity index (χ3v) is 6.22. The molecule has 0 aliphatic heterocycles. The Kier molecular flexibility index (Phi) is 5.20. The summed E-state index contributed by atoms with van der Waals surface area (Å²) < 4.78 is 28.0. The summed E-state index contributed by atoms with van der Waals surface area (Å²) in [5.74, 6) is -0.876. The molecular formula is C19H22N2O3S. The Morgan fingerprint density at radius 1 is 0.920 bits per heavy atom. The fourth-order valence-corrected chi connectivity index (χ4v) is 4.65. The van der Waals surface area contributed by atoms with E-state index in [2.05, 4.69) is 4.72 Å². The van der Waals surface area contributed by atoms with E-state index in [1.165, 1.54) is 0 Å². The molecule has 1 aliphatic rings. The number of hydrogen-bond donors (Lipinski definition) is 2. The van der Waals surface area contributed by atoms with E-state index in [0.29, 0.717) is 12.8 Å². The largest absolute Gasteiger partial charge is 0.369 e. The van der Waals surface area contributed by atoms with Crippen molar-refractivity contribution >= 4 is 15.9 Å². The summed E-state index contributed by atoms with van der Waals surface area (Å²) in [4.78, 5) is 11.8. The van der Waals surface area contributed by atoms with Crippen LogP contribution in [0.2, 0.25) is 0 Å². The molecule has 0 saturated heterocycles. The van der Waals surface area contributed by atoms with Gasteiger partial charge in [-0.1, -0.05) is 55.3 Å². The first kappa shape index (κ1) is 17.6. The van der Waals surface area contributed by atoms with Gasteiger partial charge in [-0.05, 0) is 36.1 Å². The second kappa shape index (κ2) is 7.37. The summed E-state index contributed by atoms with van der Waals surface area (Å²) in [5.41, 5.74) is 7.40. The van der Waals surface area contributed by atoms with E-state index < -0.39 is 27.9 Å². The van der Waals surface area contributed by atoms with Crippen molar-refractivity contribution in [1.82, 2.24) is 4.72 Å². The molecule has 5 nitrogen and oxygen atoms in total. The smallest absolute Gasteiger partial charge is 0.240 e. The number of hydrogen-bond acceptors (Lipinski definition) is 3. The molecule has 25 heavy (non-hydrogen) atoms. The molecular weight excluding hydrogens is 336 g/mol. The Morgan fingerprint density at radius 3 is 2.16 bits per heavy atom. The van der Waals surface area contributed by atoms with Crippen molar-refractivity contribution in [2.24, 2.45) is 11.7 Å². The molecule has 3 N–H and O–H groups in total. The summed E-state index contributed by atoms with van der Waals surface area (Å²) in [6.07, 6.45) is 3.06. The van der Waals surface area contributed by atoms with E-state index in [4.69, 9.17) is 5.73 Å². The number of rotatable bonds is 5. The van der Waals surface area contributed by atoms with E-state index in [1.807, 2.05) is 30.3 Å². The molecule has 0 bridgehead atoms. The predicted molar refractivity (Wildman–Crippen MR) is 97.1 cm³/mol. The van der Waals surface area contributed by atoms with Gasteiger partial charge < -0.3 is 5.73 Å². The maximum atomic E-state index is 12.7. The van der Waals surface area contributed by atoms with Gasteiger partial charge in [-0.15, -0.1) is 0 Å². The van der Waals surface area contributed by atoms with Crippen molar-refractivity contribution in [1.29, 1.82) is 0 Å². The summed E-state index contributed by atoms with van der Waals surface area (Å²) in [6, 6.07) is 16.1. The average Bonchev–Trinajstić information content (AvgIpc) is 2.62. The minimum atomic E-state index is -3.68. The summed E-state index contributed by atoms with van der Waals surface area (Å²) in [7, 11) is -3.68. The van der Waals surface area contributed by atoms with E-state index >= 15 is 0 Å². The van der Waals surface area contributed by atoms with Gasteiger partial charge in [0.1, 0.15) is 0 Å². The van der Waals surface area contributed by atoms with Gasteiger partial charge in [0.05, 0.1) is 10.8 Å². The fourth-order valence-electron chi connectivity index (χ4n) is 3.34. The molecule has 0 aromatic heterocycles. The minimum Gasteiger partial charge on any atom is -0.369 e. The highest BCUT2D eigenvalue weighted by molar-refractivity contribution is 7.89. The van der Waals surface area contributed by atoms with Crippen LogP contribution in [0.1, 0.15) is 25.7 Å². The molecule has 2 aromatic carbocycles. The van der Waals surface area contributed by atoms with E-state index in [1.54, 1.807) is 24.3 Å². The van der Waals surface area contributed by atoms with E-state index in [9.17, 15) is 13.2 Å². The molecule has 1 fully saturated rings. The van der Waals surface area contributed by atoms with Gasteiger partial charge in [-0.3, -0.25) is 4.79 Å². The molecule has 6 heteroatoms. The number of nitrogens with one attached hydrogen (secondary N) is 1. The van der Waals surface area contributed by atoms with Gasteiger partial charge in [0.2, 0.25) is 15.9 Å². The van der Waals surface area contributed by atoms with Crippen LogP contribution in [0.4, 0.5) is 0 Å². The third kappa shape index (κ3) is 4.08. The topological polar surface area (TPSA) is 89.3 Å². The Labute approximate surface area is 148 Å². The maximum Gasteiger partial charge on any atom is 0.240 e. The van der Waals surface area contributed by atoms with Crippen molar-refractivity contribution in [2.75, 3.05) is 0 Å². The van der Waals surface area contributed by atoms with Crippen LogP contribution in [0.15, 0.2) is 59.5 Å². The molecule has 2 atom stereocenters. The number of sulfonamides is 1. The van der Waals surface area contributed by atoms with Crippen molar-refractivity contribution in [2.45, 2.75) is 36.6 Å². The second-order valence-corrected chi connectivity index (χ2v) is 8.13. The van der Waals surface area contributed by atoms with Gasteiger partial charge in [0, 0.05) is 6.04 Å². The molecule has 0 radical (unpaired) electrons. The van der Waals surface area contributed by atoms with E-state index in [-0.39, 0.29) is 4.90 Å². The third-order valence-electron chi connectivity index (χ3n) is 4.71. The minimum absolute atomic E-state index is 0.195. The van der Waals surface area contributed by atoms with E-state index in [0.717, 1.165) is 24.0 Å². The van der Waals surface area contributed by atoms with Crippen LogP contribution in [0.3, 0.4) is 0 Å². The number of nitrogens with two attached hydrogens (primary N) is 1. The molecule has 1 aliphatic carbocycles. The Balaban J connectivity index is 1.79. The zero-order valence-corrected chi connectivity index (χ0v) is 14.7. The highest BCUT2D eigenvalue weighted by Crippen LogP contribution is 2.26. The first-order chi connectivity index (χ1) is 12.0. The summed E-state index contributed by atoms with van der Waals surface area (Å²) in [6.45, 7) is 0. The molecule has 3 rings (SSSR count). The average molecular weight is 358 g/mol. The summed E-state index contributed by atoms with van der Waals surface area (Å²) >= 11 is 0. The first-order valence-electron chi connectivity index (χ1n) is 8.44. The lowest BCUT2D eigenvalue weighted by molar-refractivity contribution is -0.123. The van der Waals surface area contributed by atoms with Gasteiger partial charge in [0.25, 0.3) is 0 Å². The SMILES string of the molecule is NC(=O)[C@@H]1CCCC[C@H]1NS(=O)(=O)c1ccc(-c2ccccc2)cc1. The van der Waals surface area contributed by atoms with Gasteiger partial charge in [0.15, 0.2) is 0 Å². The Bertz CT molecular complexity index is 833. The Hall–Kier alpha value is -2.18. The van der Waals surface area contributed by atoms with Crippen LogP contribution in [0.25, 0.3) is 11.1 Å². The van der Waals surface area contributed by atoms with Crippen molar-refractivity contribution in [3.05, 3.63) is 54.6 Å². The zero-order valence-electron chi connectivity index (χ0n) is 13.9. The summed E-state index contributed by atoms with van der Waals surface area (Å²) in [5, 5.41) is 0. The normalized spacial score (nSPS) is 21.0. The van der Waals surface area contributed by atoms with Crippen molar-refractivity contribution in [3.8, 4) is 11.1 Å². The molecule has 0 heterocycles. The van der Waals surface area contributed by atoms with Crippen LogP contribution >= 0.6 is 0 Å². The predicted octanol–water partition coefficient (Wildman–Crippen LogP) is 2.68. The zero-order chi connectivity index (χ0) is 17.9. The Morgan fingerprint density at radius 2 is 1.52 bits per heavy atom. The number of carbonyl (C=O) groups is 1. The number of carbonyl (C=O) groups excluding carboxylic acids is 1. The monoisotopic (exact) mass is 358 g/mol. The van der Waals surface area contributed by atoms with Gasteiger partial charge in [-0.25, -0.2) is 13.1 Å². The molecule has 0 spiro atoms. The van der Waals surface area contributed by atoms with Crippen molar-refractivity contribution < 1.29 is 13.2 Å². The maximum absolute atomic E-state index is 12.7. The fraction of sp³-hybridized carbons (Fsp3) is 0.316. The molecule has 2 aromatic rings. The number of primary amides is 1. The highest BCUT2D eigenvalue weighted by Gasteiger charge is 2.32. The first-order valence-corrected chi connectivity index (χ1v) is 9.93. The van der Waals surface area contributed by atoms with Crippen LogP contribution in [0, 0.1) is 5.92 Å². The lowest BCUT2D eigenvalue weighted by atomic mass is 9.85. The molecule has 132 valence electrons. The second-order valence-electron chi connectivity index (χ2n) is 6.41. The lowest BCUT2D eigenvalue weighted by Gasteiger charge is -2.29. The van der Waals surface area contributed by atoms with Crippen molar-refractivity contribution in [3.63, 3.8) is 0 Å². The lowest BCUT2D eigenvalue weighted by Crippen LogP contribution is -2.46. The highest BCUT2D eigenvalue weighted by atomic mass is 32.2. The van der Waals surface area contributed by atoms with Crippen LogP contribution < -0.4 is 10.5 Å². The standard InChI is InChI=1S/C19H22N2O3S/c20-19(22)17-8-4-5-9-18(17)21-25(23,24)16-12-10-15(11-13-16)14-6-2-1-3-7-14/h1-3,6-7,10-13,17-18,21H,4-5,8-9H2,(H2,20,22)/t17-,18-/m1/s1. The quantitative estimate of drug-likeness (QED) is 0.861. The number of amides is 1. The molecule has 1 saturated carbocycles. The van der Waals surface area contributed by atoms with Gasteiger partial charge in [-0.2, -0.15) is 0 Å². The van der Waals surface area contributed by atoms with Crippen LogP contribution in [0.5, 0.6) is 0 Å². The van der Waals surface area contributed by atoms with Crippen LogP contribution in [-0.4, -0.2) is 20.4 Å². The number of benzene rings is 2. The molecule has 0 unspecified atom stereocenters. The molecule has 1 amide bonds. The van der Waals surface area contributed by atoms with Gasteiger partial charge >= 0.3 is 0 Å². The van der Waals surface area contributed by atoms with Crippen LogP contribution in [-0.2, 0) is 14.8 Å².